The van der Waals surface area contributed by atoms with E-state index in [9.17, 15) is 9.90 Å². The molecule has 23 heavy (non-hydrogen) atoms. The maximum atomic E-state index is 11.9. The number of rotatable bonds is 3. The van der Waals surface area contributed by atoms with Gasteiger partial charge in [0.15, 0.2) is 5.17 Å². The number of amides is 1. The van der Waals surface area contributed by atoms with Crippen LogP contribution in [0.25, 0.3) is 6.08 Å². The number of carbonyl (C=O) groups excluding carboxylic acids is 1. The number of nitrogens with zero attached hydrogens (tertiary/aromatic N) is 2. The standard InChI is InChI=1S/C17H13N3O2S/c21-14-9-5-4-8-13(14)11-18-20-17-19-16(22)15(23-17)10-12-6-2-1-3-7-12/h1-11,21H,(H,19,20,22)/b15-10-,18-11-. The summed E-state index contributed by atoms with van der Waals surface area (Å²) in [4.78, 5) is 12.5. The number of para-hydroxylation sites is 1. The second-order valence-corrected chi connectivity index (χ2v) is 5.71. The van der Waals surface area contributed by atoms with Crippen molar-refractivity contribution in [2.45, 2.75) is 0 Å². The maximum absolute atomic E-state index is 11.9. The highest BCUT2D eigenvalue weighted by Gasteiger charge is 2.23. The first kappa shape index (κ1) is 15.1. The summed E-state index contributed by atoms with van der Waals surface area (Å²) in [5, 5.41) is 20.6. The van der Waals surface area contributed by atoms with Crippen LogP contribution in [0.15, 0.2) is 69.7 Å². The van der Waals surface area contributed by atoms with Crippen LogP contribution in [0.1, 0.15) is 11.1 Å². The zero-order valence-corrected chi connectivity index (χ0v) is 12.8. The highest BCUT2D eigenvalue weighted by molar-refractivity contribution is 8.18. The van der Waals surface area contributed by atoms with E-state index in [4.69, 9.17) is 0 Å². The van der Waals surface area contributed by atoms with Crippen molar-refractivity contribution in [3.05, 3.63) is 70.6 Å². The zero-order chi connectivity index (χ0) is 16.1. The SMILES string of the molecule is O=C1N/C(=N/N=C\c2ccccc2O)S/C1=C\c1ccccc1. The summed E-state index contributed by atoms with van der Waals surface area (Å²) >= 11 is 1.23. The normalized spacial score (nSPS) is 18.0. The van der Waals surface area contributed by atoms with E-state index in [1.807, 2.05) is 30.3 Å². The van der Waals surface area contributed by atoms with Gasteiger partial charge in [-0.15, -0.1) is 5.10 Å². The fraction of sp³-hybridized carbons (Fsp3) is 0. The molecule has 114 valence electrons. The molecule has 0 bridgehead atoms. The molecule has 1 heterocycles. The van der Waals surface area contributed by atoms with E-state index in [0.29, 0.717) is 15.6 Å². The molecule has 1 amide bonds. The molecule has 2 aromatic rings. The lowest BCUT2D eigenvalue weighted by atomic mass is 10.2. The predicted molar refractivity (Wildman–Crippen MR) is 93.3 cm³/mol. The van der Waals surface area contributed by atoms with Crippen LogP contribution in [0.3, 0.4) is 0 Å². The molecule has 0 spiro atoms. The highest BCUT2D eigenvalue weighted by Crippen LogP contribution is 2.25. The fourth-order valence-corrected chi connectivity index (χ4v) is 2.69. The van der Waals surface area contributed by atoms with Crippen molar-refractivity contribution >= 4 is 35.1 Å². The van der Waals surface area contributed by atoms with Gasteiger partial charge in [0.05, 0.1) is 11.1 Å². The summed E-state index contributed by atoms with van der Waals surface area (Å²) in [6.45, 7) is 0. The minimum Gasteiger partial charge on any atom is -0.507 e. The molecule has 0 atom stereocenters. The number of phenolic OH excluding ortho intramolecular Hbond substituents is 1. The number of benzene rings is 2. The lowest BCUT2D eigenvalue weighted by Crippen LogP contribution is -2.19. The van der Waals surface area contributed by atoms with Gasteiger partial charge >= 0.3 is 0 Å². The Balaban J connectivity index is 1.72. The number of aromatic hydroxyl groups is 1. The van der Waals surface area contributed by atoms with E-state index in [0.717, 1.165) is 5.56 Å². The molecule has 1 fully saturated rings. The van der Waals surface area contributed by atoms with Gasteiger partial charge in [-0.25, -0.2) is 0 Å². The molecule has 0 aliphatic carbocycles. The van der Waals surface area contributed by atoms with Crippen LogP contribution in [-0.4, -0.2) is 22.4 Å². The summed E-state index contributed by atoms with van der Waals surface area (Å²) in [6.07, 6.45) is 3.24. The molecule has 0 radical (unpaired) electrons. The first-order chi connectivity index (χ1) is 11.2. The lowest BCUT2D eigenvalue weighted by molar-refractivity contribution is -0.115. The second-order valence-electron chi connectivity index (χ2n) is 4.68. The molecule has 2 aromatic carbocycles. The monoisotopic (exact) mass is 323 g/mol. The van der Waals surface area contributed by atoms with Crippen LogP contribution in [0.5, 0.6) is 5.75 Å². The van der Waals surface area contributed by atoms with Gasteiger partial charge in [-0.05, 0) is 35.5 Å². The number of hydrogen-bond donors (Lipinski definition) is 2. The van der Waals surface area contributed by atoms with Gasteiger partial charge in [0, 0.05) is 5.56 Å². The van der Waals surface area contributed by atoms with Crippen LogP contribution < -0.4 is 5.32 Å². The molecule has 1 aliphatic rings. The van der Waals surface area contributed by atoms with Gasteiger partial charge < -0.3 is 5.11 Å². The first-order valence-electron chi connectivity index (χ1n) is 6.87. The topological polar surface area (TPSA) is 74.0 Å². The summed E-state index contributed by atoms with van der Waals surface area (Å²) in [7, 11) is 0. The Morgan fingerprint density at radius 2 is 1.78 bits per heavy atom. The van der Waals surface area contributed by atoms with Crippen molar-refractivity contribution in [2.24, 2.45) is 10.2 Å². The summed E-state index contributed by atoms with van der Waals surface area (Å²) in [5.74, 6) is -0.0698. The molecule has 0 aromatic heterocycles. The van der Waals surface area contributed by atoms with Crippen molar-refractivity contribution in [3.8, 4) is 5.75 Å². The maximum Gasteiger partial charge on any atom is 0.264 e. The van der Waals surface area contributed by atoms with E-state index in [1.165, 1.54) is 18.0 Å². The summed E-state index contributed by atoms with van der Waals surface area (Å²) < 4.78 is 0. The summed E-state index contributed by atoms with van der Waals surface area (Å²) in [5.41, 5.74) is 1.51. The quantitative estimate of drug-likeness (QED) is 0.518. The van der Waals surface area contributed by atoms with Gasteiger partial charge in [0.25, 0.3) is 5.91 Å². The second kappa shape index (κ2) is 6.93. The van der Waals surface area contributed by atoms with Crippen LogP contribution in [0.2, 0.25) is 0 Å². The number of thioether (sulfide) groups is 1. The lowest BCUT2D eigenvalue weighted by Gasteiger charge is -1.95. The number of phenols is 1. The third kappa shape index (κ3) is 3.87. The summed E-state index contributed by atoms with van der Waals surface area (Å²) in [6, 6.07) is 16.4. The number of nitrogens with one attached hydrogen (secondary N) is 1. The molecular weight excluding hydrogens is 310 g/mol. The van der Waals surface area contributed by atoms with Crippen LogP contribution in [-0.2, 0) is 4.79 Å². The molecule has 0 saturated carbocycles. The Kier molecular flexibility index (Phi) is 4.54. The molecule has 2 N–H and O–H groups in total. The fourth-order valence-electron chi connectivity index (χ4n) is 1.92. The highest BCUT2D eigenvalue weighted by atomic mass is 32.2. The smallest absolute Gasteiger partial charge is 0.264 e. The van der Waals surface area contributed by atoms with E-state index in [1.54, 1.807) is 30.3 Å². The van der Waals surface area contributed by atoms with E-state index in [-0.39, 0.29) is 11.7 Å². The molecular formula is C17H13N3O2S. The average molecular weight is 323 g/mol. The van der Waals surface area contributed by atoms with E-state index >= 15 is 0 Å². The van der Waals surface area contributed by atoms with Crippen LogP contribution in [0, 0.1) is 0 Å². The molecule has 3 rings (SSSR count). The largest absolute Gasteiger partial charge is 0.507 e. The van der Waals surface area contributed by atoms with Crippen LogP contribution >= 0.6 is 11.8 Å². The molecule has 5 nitrogen and oxygen atoms in total. The first-order valence-corrected chi connectivity index (χ1v) is 7.69. The van der Waals surface area contributed by atoms with Gasteiger partial charge in [0.1, 0.15) is 5.75 Å². The minimum atomic E-state index is -0.199. The van der Waals surface area contributed by atoms with Gasteiger partial charge in [0.2, 0.25) is 0 Å². The Morgan fingerprint density at radius 1 is 1.04 bits per heavy atom. The van der Waals surface area contributed by atoms with Crippen molar-refractivity contribution < 1.29 is 9.90 Å². The van der Waals surface area contributed by atoms with Gasteiger partial charge in [-0.3, -0.25) is 10.1 Å². The van der Waals surface area contributed by atoms with Crippen molar-refractivity contribution in [1.82, 2.24) is 5.32 Å². The van der Waals surface area contributed by atoms with E-state index in [2.05, 4.69) is 15.5 Å². The average Bonchev–Trinajstić information content (AvgIpc) is 2.90. The van der Waals surface area contributed by atoms with E-state index < -0.39 is 0 Å². The minimum absolute atomic E-state index is 0.129. The Morgan fingerprint density at radius 3 is 2.57 bits per heavy atom. The van der Waals surface area contributed by atoms with Gasteiger partial charge in [-0.1, -0.05) is 42.5 Å². The Bertz CT molecular complexity index is 814. The molecule has 0 unspecified atom stereocenters. The predicted octanol–water partition coefficient (Wildman–Crippen LogP) is 2.99. The Hall–Kier alpha value is -2.86. The molecule has 6 heteroatoms. The number of carbonyl (C=O) groups is 1. The molecule has 1 saturated heterocycles. The van der Waals surface area contributed by atoms with Gasteiger partial charge in [-0.2, -0.15) is 5.10 Å². The third-order valence-electron chi connectivity index (χ3n) is 3.03. The van der Waals surface area contributed by atoms with Crippen molar-refractivity contribution in [2.75, 3.05) is 0 Å². The third-order valence-corrected chi connectivity index (χ3v) is 3.93. The number of hydrogen-bond acceptors (Lipinski definition) is 5. The number of amidine groups is 1. The molecule has 1 aliphatic heterocycles. The van der Waals surface area contributed by atoms with Crippen molar-refractivity contribution in [3.63, 3.8) is 0 Å². The zero-order valence-electron chi connectivity index (χ0n) is 12.0. The van der Waals surface area contributed by atoms with Crippen LogP contribution in [0.4, 0.5) is 0 Å². The Labute approximate surface area is 137 Å². The van der Waals surface area contributed by atoms with Crippen molar-refractivity contribution in [1.29, 1.82) is 0 Å².